The van der Waals surface area contributed by atoms with Gasteiger partial charge in [0.05, 0.1) is 18.4 Å². The first-order chi connectivity index (χ1) is 12.0. The molecule has 1 fully saturated rings. The lowest BCUT2D eigenvalue weighted by Crippen LogP contribution is -2.34. The van der Waals surface area contributed by atoms with Crippen LogP contribution in [0.2, 0.25) is 5.02 Å². The maximum atomic E-state index is 11.9. The molecule has 8 heteroatoms. The van der Waals surface area contributed by atoms with Crippen LogP contribution in [0.3, 0.4) is 0 Å². The van der Waals surface area contributed by atoms with Gasteiger partial charge in [0.25, 0.3) is 5.91 Å². The number of carbonyl (C=O) groups is 1. The molecule has 0 aliphatic heterocycles. The second kappa shape index (κ2) is 7.96. The Kier molecular flexibility index (Phi) is 6.34. The number of amides is 1. The summed E-state index contributed by atoms with van der Waals surface area (Å²) in [6.45, 7) is 8.98. The highest BCUT2D eigenvalue weighted by molar-refractivity contribution is 7.89. The standard InChI is InChI=1S/C18H25ClN2O4S/c1-5-18(8-12(2)6-13(3)9-18)11-25-17-15(19)7-14(10-20-17)16(22)21-26(4,23)24/h7,10,13H,2,5-6,8-9,11H2,1,3-4H3,(H,21,22). The quantitative estimate of drug-likeness (QED) is 0.737. The summed E-state index contributed by atoms with van der Waals surface area (Å²) in [6.07, 6.45) is 6.13. The van der Waals surface area contributed by atoms with E-state index in [0.29, 0.717) is 12.5 Å². The highest BCUT2D eigenvalue weighted by Crippen LogP contribution is 2.44. The van der Waals surface area contributed by atoms with Gasteiger partial charge in [0, 0.05) is 11.6 Å². The molecule has 1 saturated carbocycles. The van der Waals surface area contributed by atoms with E-state index < -0.39 is 15.9 Å². The number of aromatic nitrogens is 1. The van der Waals surface area contributed by atoms with Crippen molar-refractivity contribution in [3.63, 3.8) is 0 Å². The first-order valence-electron chi connectivity index (χ1n) is 8.51. The number of carbonyl (C=O) groups excluding carboxylic acids is 1. The summed E-state index contributed by atoms with van der Waals surface area (Å²) in [5, 5.41) is 0.167. The van der Waals surface area contributed by atoms with Crippen molar-refractivity contribution in [1.29, 1.82) is 0 Å². The molecule has 26 heavy (non-hydrogen) atoms. The zero-order chi connectivity index (χ0) is 19.5. The summed E-state index contributed by atoms with van der Waals surface area (Å²) >= 11 is 6.17. The number of sulfonamides is 1. The highest BCUT2D eigenvalue weighted by atomic mass is 35.5. The smallest absolute Gasteiger partial charge is 0.266 e. The first-order valence-corrected chi connectivity index (χ1v) is 10.8. The van der Waals surface area contributed by atoms with Crippen LogP contribution in [0.15, 0.2) is 24.4 Å². The zero-order valence-electron chi connectivity index (χ0n) is 15.3. The number of pyridine rings is 1. The van der Waals surface area contributed by atoms with Crippen molar-refractivity contribution in [2.24, 2.45) is 11.3 Å². The molecule has 2 rings (SSSR count). The summed E-state index contributed by atoms with van der Waals surface area (Å²) in [4.78, 5) is 15.9. The predicted molar refractivity (Wildman–Crippen MR) is 102 cm³/mol. The van der Waals surface area contributed by atoms with Gasteiger partial charge in [-0.1, -0.05) is 37.6 Å². The fourth-order valence-corrected chi connectivity index (χ4v) is 4.24. The molecule has 0 bridgehead atoms. The SMILES string of the molecule is C=C1CC(C)CC(CC)(COc2ncc(C(=O)NS(C)(=O)=O)cc2Cl)C1. The summed E-state index contributed by atoms with van der Waals surface area (Å²) in [5.41, 5.74) is 1.30. The van der Waals surface area contributed by atoms with E-state index in [1.807, 2.05) is 4.72 Å². The van der Waals surface area contributed by atoms with Crippen LogP contribution < -0.4 is 9.46 Å². The molecule has 0 radical (unpaired) electrons. The van der Waals surface area contributed by atoms with Crippen LogP contribution >= 0.6 is 11.6 Å². The lowest BCUT2D eigenvalue weighted by Gasteiger charge is -2.40. The minimum absolute atomic E-state index is 0.00605. The van der Waals surface area contributed by atoms with Crippen LogP contribution in [0.25, 0.3) is 0 Å². The van der Waals surface area contributed by atoms with Gasteiger partial charge in [0.15, 0.2) is 0 Å². The molecular formula is C18H25ClN2O4S. The van der Waals surface area contributed by atoms with Crippen molar-refractivity contribution >= 4 is 27.5 Å². The second-order valence-corrected chi connectivity index (χ2v) is 9.45. The molecule has 2 atom stereocenters. The first kappa shape index (κ1) is 20.7. The van der Waals surface area contributed by atoms with E-state index in [9.17, 15) is 13.2 Å². The third-order valence-electron chi connectivity index (χ3n) is 4.66. The topological polar surface area (TPSA) is 85.4 Å². The molecule has 144 valence electrons. The molecule has 1 heterocycles. The molecule has 0 saturated heterocycles. The fraction of sp³-hybridized carbons (Fsp3) is 0.556. The van der Waals surface area contributed by atoms with Gasteiger partial charge in [0.2, 0.25) is 15.9 Å². The van der Waals surface area contributed by atoms with Gasteiger partial charge in [-0.3, -0.25) is 4.79 Å². The van der Waals surface area contributed by atoms with Crippen molar-refractivity contribution in [1.82, 2.24) is 9.71 Å². The second-order valence-electron chi connectivity index (χ2n) is 7.30. The number of allylic oxidation sites excluding steroid dienone is 1. The van der Waals surface area contributed by atoms with Gasteiger partial charge in [-0.25, -0.2) is 18.1 Å². The lowest BCUT2D eigenvalue weighted by molar-refractivity contribution is 0.0885. The molecule has 1 aliphatic carbocycles. The molecule has 1 aromatic rings. The average molecular weight is 401 g/mol. The molecule has 0 aromatic carbocycles. The van der Waals surface area contributed by atoms with Gasteiger partial charge >= 0.3 is 0 Å². The maximum Gasteiger partial charge on any atom is 0.266 e. The molecule has 0 spiro atoms. The minimum Gasteiger partial charge on any atom is -0.476 e. The fourth-order valence-electron chi connectivity index (χ4n) is 3.56. The molecule has 2 unspecified atom stereocenters. The van der Waals surface area contributed by atoms with E-state index >= 15 is 0 Å². The van der Waals surface area contributed by atoms with Gasteiger partial charge in [-0.15, -0.1) is 0 Å². The number of hydrogen-bond acceptors (Lipinski definition) is 5. The predicted octanol–water partition coefficient (Wildman–Crippen LogP) is 3.58. The number of hydrogen-bond donors (Lipinski definition) is 1. The highest BCUT2D eigenvalue weighted by Gasteiger charge is 2.36. The molecule has 6 nitrogen and oxygen atoms in total. The Labute approximate surface area is 160 Å². The van der Waals surface area contributed by atoms with Crippen LogP contribution in [0.4, 0.5) is 0 Å². The number of ether oxygens (including phenoxy) is 1. The number of nitrogens with one attached hydrogen (secondary N) is 1. The van der Waals surface area contributed by atoms with E-state index in [1.165, 1.54) is 17.8 Å². The summed E-state index contributed by atoms with van der Waals surface area (Å²) in [5.74, 6) is 0.0143. The largest absolute Gasteiger partial charge is 0.476 e. The Bertz CT molecular complexity index is 809. The Hall–Kier alpha value is -1.60. The molecule has 1 aromatic heterocycles. The molecule has 1 amide bonds. The minimum atomic E-state index is -3.65. The van der Waals surface area contributed by atoms with Gasteiger partial charge in [0.1, 0.15) is 5.02 Å². The van der Waals surface area contributed by atoms with E-state index in [2.05, 4.69) is 25.4 Å². The molecule has 1 N–H and O–H groups in total. The normalized spacial score (nSPS) is 23.5. The van der Waals surface area contributed by atoms with Gasteiger partial charge in [-0.2, -0.15) is 0 Å². The Morgan fingerprint density at radius 1 is 1.54 bits per heavy atom. The number of nitrogens with zero attached hydrogens (tertiary/aromatic N) is 1. The Morgan fingerprint density at radius 2 is 2.23 bits per heavy atom. The third kappa shape index (κ3) is 5.45. The van der Waals surface area contributed by atoms with Crippen molar-refractivity contribution in [2.45, 2.75) is 39.5 Å². The van der Waals surface area contributed by atoms with E-state index in [4.69, 9.17) is 16.3 Å². The van der Waals surface area contributed by atoms with Crippen molar-refractivity contribution in [3.8, 4) is 5.88 Å². The van der Waals surface area contributed by atoms with E-state index in [-0.39, 0.29) is 21.9 Å². The molecular weight excluding hydrogens is 376 g/mol. The number of halogens is 1. The van der Waals surface area contributed by atoms with Crippen LogP contribution in [0.1, 0.15) is 49.9 Å². The summed E-state index contributed by atoms with van der Waals surface area (Å²) < 4.78 is 30.0. The monoisotopic (exact) mass is 400 g/mol. The third-order valence-corrected chi connectivity index (χ3v) is 5.48. The summed E-state index contributed by atoms with van der Waals surface area (Å²) in [7, 11) is -3.65. The zero-order valence-corrected chi connectivity index (χ0v) is 16.9. The van der Waals surface area contributed by atoms with Crippen molar-refractivity contribution in [3.05, 3.63) is 35.0 Å². The van der Waals surface area contributed by atoms with E-state index in [1.54, 1.807) is 0 Å². The summed E-state index contributed by atoms with van der Waals surface area (Å²) in [6, 6.07) is 1.35. The maximum absolute atomic E-state index is 11.9. The lowest BCUT2D eigenvalue weighted by atomic mass is 9.67. The van der Waals surface area contributed by atoms with Crippen molar-refractivity contribution < 1.29 is 17.9 Å². The van der Waals surface area contributed by atoms with E-state index in [0.717, 1.165) is 31.9 Å². The molecule has 1 aliphatic rings. The average Bonchev–Trinajstić information content (AvgIpc) is 2.51. The van der Waals surface area contributed by atoms with Crippen LogP contribution in [-0.2, 0) is 10.0 Å². The van der Waals surface area contributed by atoms with Gasteiger partial charge in [-0.05, 0) is 37.7 Å². The number of rotatable bonds is 6. The van der Waals surface area contributed by atoms with Crippen molar-refractivity contribution in [2.75, 3.05) is 12.9 Å². The van der Waals surface area contributed by atoms with Crippen LogP contribution in [0.5, 0.6) is 5.88 Å². The van der Waals surface area contributed by atoms with Crippen LogP contribution in [0, 0.1) is 11.3 Å². The Balaban J connectivity index is 2.10. The Morgan fingerprint density at radius 3 is 2.77 bits per heavy atom. The van der Waals surface area contributed by atoms with Gasteiger partial charge < -0.3 is 4.74 Å². The van der Waals surface area contributed by atoms with Crippen LogP contribution in [-0.4, -0.2) is 32.2 Å².